The molecule has 0 aliphatic heterocycles. The molecule has 8 heteroatoms. The minimum Gasteiger partial charge on any atom is -0.362 e. The van der Waals surface area contributed by atoms with Gasteiger partial charge >= 0.3 is 0 Å². The second-order valence-electron chi connectivity index (χ2n) is 6.68. The average molecular weight is 378 g/mol. The van der Waals surface area contributed by atoms with Crippen LogP contribution in [0.3, 0.4) is 0 Å². The van der Waals surface area contributed by atoms with Crippen LogP contribution in [0.5, 0.6) is 0 Å². The molecule has 0 fully saturated rings. The summed E-state index contributed by atoms with van der Waals surface area (Å²) >= 11 is 0. The first kappa shape index (κ1) is 19.2. The van der Waals surface area contributed by atoms with Crippen molar-refractivity contribution in [1.82, 2.24) is 25.3 Å². The SMILES string of the molecule is Cc1nc(CNC(=O)c2ccc(-c3ncc(C)c(N(C)C)n3)cc2)cc(=O)[nH]1. The lowest BCUT2D eigenvalue weighted by atomic mass is 10.1. The van der Waals surface area contributed by atoms with Gasteiger partial charge in [0.05, 0.1) is 12.2 Å². The summed E-state index contributed by atoms with van der Waals surface area (Å²) in [6, 6.07) is 8.44. The van der Waals surface area contributed by atoms with Crippen LogP contribution < -0.4 is 15.8 Å². The van der Waals surface area contributed by atoms with Crippen molar-refractivity contribution in [1.29, 1.82) is 0 Å². The van der Waals surface area contributed by atoms with Crippen LogP contribution in [0, 0.1) is 13.8 Å². The van der Waals surface area contributed by atoms with Gasteiger partial charge in [-0.15, -0.1) is 0 Å². The molecule has 28 heavy (non-hydrogen) atoms. The number of benzene rings is 1. The summed E-state index contributed by atoms with van der Waals surface area (Å²) in [5.41, 5.74) is 2.59. The van der Waals surface area contributed by atoms with Gasteiger partial charge in [-0.2, -0.15) is 0 Å². The summed E-state index contributed by atoms with van der Waals surface area (Å²) in [4.78, 5) is 41.5. The van der Waals surface area contributed by atoms with Crippen LogP contribution in [-0.4, -0.2) is 39.9 Å². The van der Waals surface area contributed by atoms with E-state index in [9.17, 15) is 9.59 Å². The minimum absolute atomic E-state index is 0.179. The Morgan fingerprint density at radius 1 is 1.14 bits per heavy atom. The Balaban J connectivity index is 1.72. The van der Waals surface area contributed by atoms with Crippen molar-refractivity contribution in [2.45, 2.75) is 20.4 Å². The molecular formula is C20H22N6O2. The Kier molecular flexibility index (Phi) is 5.49. The standard InChI is InChI=1S/C20H22N6O2/c1-12-10-21-18(25-19(12)26(3)4)14-5-7-15(8-6-14)20(28)22-11-16-9-17(27)24-13(2)23-16/h5-10H,11H2,1-4H3,(H,22,28)(H,23,24,27). The number of rotatable bonds is 5. The van der Waals surface area contributed by atoms with Crippen molar-refractivity contribution in [2.24, 2.45) is 0 Å². The van der Waals surface area contributed by atoms with Gasteiger partial charge in [-0.25, -0.2) is 15.0 Å². The number of hydrogen-bond donors (Lipinski definition) is 2. The lowest BCUT2D eigenvalue weighted by Crippen LogP contribution is -2.24. The van der Waals surface area contributed by atoms with Crippen LogP contribution >= 0.6 is 0 Å². The number of aryl methyl sites for hydroxylation is 2. The van der Waals surface area contributed by atoms with Crippen LogP contribution in [0.15, 0.2) is 41.3 Å². The summed E-state index contributed by atoms with van der Waals surface area (Å²) in [5.74, 6) is 1.72. The highest BCUT2D eigenvalue weighted by molar-refractivity contribution is 5.94. The third-order valence-electron chi connectivity index (χ3n) is 4.12. The van der Waals surface area contributed by atoms with Gasteiger partial charge in [0.15, 0.2) is 5.82 Å². The Morgan fingerprint density at radius 2 is 1.86 bits per heavy atom. The third kappa shape index (κ3) is 4.40. The molecular weight excluding hydrogens is 356 g/mol. The smallest absolute Gasteiger partial charge is 0.251 e. The monoisotopic (exact) mass is 378 g/mol. The van der Waals surface area contributed by atoms with Crippen LogP contribution in [-0.2, 0) is 6.54 Å². The van der Waals surface area contributed by atoms with Gasteiger partial charge in [-0.1, -0.05) is 12.1 Å². The lowest BCUT2D eigenvalue weighted by Gasteiger charge is -2.14. The molecule has 0 spiro atoms. The van der Waals surface area contributed by atoms with E-state index in [1.54, 1.807) is 25.3 Å². The Morgan fingerprint density at radius 3 is 2.50 bits per heavy atom. The maximum atomic E-state index is 12.4. The van der Waals surface area contributed by atoms with Crippen molar-refractivity contribution < 1.29 is 4.79 Å². The number of nitrogens with zero attached hydrogens (tertiary/aromatic N) is 4. The van der Waals surface area contributed by atoms with E-state index in [4.69, 9.17) is 0 Å². The number of nitrogens with one attached hydrogen (secondary N) is 2. The number of hydrogen-bond acceptors (Lipinski definition) is 6. The molecule has 0 saturated carbocycles. The van der Waals surface area contributed by atoms with Crippen LogP contribution in [0.1, 0.15) is 27.4 Å². The number of aromatic amines is 1. The highest BCUT2D eigenvalue weighted by Crippen LogP contribution is 2.20. The highest BCUT2D eigenvalue weighted by atomic mass is 16.1. The Hall–Kier alpha value is -3.55. The van der Waals surface area contributed by atoms with E-state index in [2.05, 4.69) is 25.3 Å². The maximum absolute atomic E-state index is 12.4. The number of aromatic nitrogens is 4. The molecule has 2 N–H and O–H groups in total. The molecule has 2 aromatic heterocycles. The fraction of sp³-hybridized carbons (Fsp3) is 0.250. The van der Waals surface area contributed by atoms with E-state index in [1.165, 1.54) is 6.07 Å². The van der Waals surface area contributed by atoms with Crippen LogP contribution in [0.2, 0.25) is 0 Å². The number of anilines is 1. The van der Waals surface area contributed by atoms with Crippen molar-refractivity contribution in [3.05, 3.63) is 69.5 Å². The molecule has 2 heterocycles. The predicted molar refractivity (Wildman–Crippen MR) is 107 cm³/mol. The fourth-order valence-electron chi connectivity index (χ4n) is 2.80. The summed E-state index contributed by atoms with van der Waals surface area (Å²) in [7, 11) is 3.87. The van der Waals surface area contributed by atoms with Gasteiger partial charge in [-0.05, 0) is 26.0 Å². The van der Waals surface area contributed by atoms with Gasteiger partial charge in [0.2, 0.25) is 0 Å². The lowest BCUT2D eigenvalue weighted by molar-refractivity contribution is 0.0950. The average Bonchev–Trinajstić information content (AvgIpc) is 2.65. The minimum atomic E-state index is -0.245. The number of carbonyl (C=O) groups is 1. The quantitative estimate of drug-likeness (QED) is 0.702. The van der Waals surface area contributed by atoms with E-state index in [0.29, 0.717) is 22.9 Å². The predicted octanol–water partition coefficient (Wildman–Crippen LogP) is 1.84. The molecule has 0 bridgehead atoms. The first-order valence-corrected chi connectivity index (χ1v) is 8.80. The van der Waals surface area contributed by atoms with Crippen molar-refractivity contribution >= 4 is 11.7 Å². The summed E-state index contributed by atoms with van der Waals surface area (Å²) < 4.78 is 0. The van der Waals surface area contributed by atoms with Gasteiger partial charge in [0.1, 0.15) is 11.6 Å². The zero-order chi connectivity index (χ0) is 20.3. The largest absolute Gasteiger partial charge is 0.362 e. The van der Waals surface area contributed by atoms with Crippen LogP contribution in [0.25, 0.3) is 11.4 Å². The summed E-state index contributed by atoms with van der Waals surface area (Å²) in [6.07, 6.45) is 1.79. The van der Waals surface area contributed by atoms with E-state index >= 15 is 0 Å². The van der Waals surface area contributed by atoms with E-state index in [0.717, 1.165) is 16.9 Å². The van der Waals surface area contributed by atoms with E-state index in [1.807, 2.05) is 38.1 Å². The normalized spacial score (nSPS) is 10.6. The maximum Gasteiger partial charge on any atom is 0.251 e. The Labute approximate surface area is 162 Å². The van der Waals surface area contributed by atoms with Crippen LogP contribution in [0.4, 0.5) is 5.82 Å². The molecule has 8 nitrogen and oxygen atoms in total. The molecule has 0 unspecified atom stereocenters. The fourth-order valence-corrected chi connectivity index (χ4v) is 2.80. The molecule has 3 rings (SSSR count). The molecule has 144 valence electrons. The second kappa shape index (κ2) is 7.99. The van der Waals surface area contributed by atoms with Gasteiger partial charge in [0.25, 0.3) is 11.5 Å². The topological polar surface area (TPSA) is 104 Å². The second-order valence-corrected chi connectivity index (χ2v) is 6.68. The highest BCUT2D eigenvalue weighted by Gasteiger charge is 2.10. The molecule has 3 aromatic rings. The van der Waals surface area contributed by atoms with E-state index < -0.39 is 0 Å². The van der Waals surface area contributed by atoms with Gasteiger partial charge < -0.3 is 15.2 Å². The molecule has 0 saturated heterocycles. The summed E-state index contributed by atoms with van der Waals surface area (Å²) in [5, 5.41) is 2.77. The summed E-state index contributed by atoms with van der Waals surface area (Å²) in [6.45, 7) is 3.84. The number of carbonyl (C=O) groups excluding carboxylic acids is 1. The van der Waals surface area contributed by atoms with Crippen molar-refractivity contribution in [3.63, 3.8) is 0 Å². The van der Waals surface area contributed by atoms with Crippen molar-refractivity contribution in [2.75, 3.05) is 19.0 Å². The molecule has 0 atom stereocenters. The number of amides is 1. The van der Waals surface area contributed by atoms with Gasteiger partial charge in [0, 0.05) is 43.0 Å². The molecule has 1 aromatic carbocycles. The first-order valence-electron chi connectivity index (χ1n) is 8.80. The first-order chi connectivity index (χ1) is 13.3. The zero-order valence-corrected chi connectivity index (χ0v) is 16.3. The van der Waals surface area contributed by atoms with E-state index in [-0.39, 0.29) is 18.0 Å². The number of H-pyrrole nitrogens is 1. The third-order valence-corrected chi connectivity index (χ3v) is 4.12. The molecule has 0 aliphatic rings. The molecule has 0 aliphatic carbocycles. The Bertz CT molecular complexity index is 1060. The molecule has 0 radical (unpaired) electrons. The zero-order valence-electron chi connectivity index (χ0n) is 16.3. The van der Waals surface area contributed by atoms with Gasteiger partial charge in [-0.3, -0.25) is 9.59 Å². The van der Waals surface area contributed by atoms with Crippen molar-refractivity contribution in [3.8, 4) is 11.4 Å². The molecule has 1 amide bonds.